The minimum absolute atomic E-state index is 0.489. The van der Waals surface area contributed by atoms with Crippen molar-refractivity contribution in [3.63, 3.8) is 0 Å². The molecular formula is C26H22N2O4. The Bertz CT molecular complexity index is 1020. The van der Waals surface area contributed by atoms with Gasteiger partial charge in [0.15, 0.2) is 0 Å². The molecule has 32 heavy (non-hydrogen) atoms. The summed E-state index contributed by atoms with van der Waals surface area (Å²) in [5.74, 6) is 0.524. The van der Waals surface area contributed by atoms with Crippen LogP contribution in [0.15, 0.2) is 121 Å². The number of ether oxygens (including phenoxy) is 1. The van der Waals surface area contributed by atoms with Crippen molar-refractivity contribution < 1.29 is 19.4 Å². The van der Waals surface area contributed by atoms with Gasteiger partial charge in [0, 0.05) is 5.69 Å². The first-order valence-corrected chi connectivity index (χ1v) is 9.85. The van der Waals surface area contributed by atoms with Gasteiger partial charge in [-0.05, 0) is 48.5 Å². The lowest BCUT2D eigenvalue weighted by Crippen LogP contribution is -2.23. The highest BCUT2D eigenvalue weighted by Crippen LogP contribution is 2.24. The summed E-state index contributed by atoms with van der Waals surface area (Å²) in [4.78, 5) is 23.9. The number of nitrogens with zero attached hydrogens (tertiary/aromatic N) is 1. The average molecular weight is 426 g/mol. The Morgan fingerprint density at radius 1 is 0.625 bits per heavy atom. The van der Waals surface area contributed by atoms with Gasteiger partial charge in [-0.3, -0.25) is 5.32 Å². The third kappa shape index (κ3) is 6.74. The smallest absolute Gasteiger partial charge is 0.417 e. The summed E-state index contributed by atoms with van der Waals surface area (Å²) in [7, 11) is 0. The van der Waals surface area contributed by atoms with Crippen LogP contribution >= 0.6 is 0 Å². The first-order valence-electron chi connectivity index (χ1n) is 9.85. The summed E-state index contributed by atoms with van der Waals surface area (Å²) in [6, 6.07) is 36.1. The van der Waals surface area contributed by atoms with Gasteiger partial charge in [-0.1, -0.05) is 72.8 Å². The zero-order valence-corrected chi connectivity index (χ0v) is 17.2. The van der Waals surface area contributed by atoms with Crippen molar-refractivity contribution in [3.05, 3.63) is 121 Å². The van der Waals surface area contributed by atoms with Crippen LogP contribution in [0.1, 0.15) is 0 Å². The van der Waals surface area contributed by atoms with E-state index in [0.717, 1.165) is 0 Å². The molecule has 0 atom stereocenters. The van der Waals surface area contributed by atoms with E-state index in [-0.39, 0.29) is 0 Å². The Kier molecular flexibility index (Phi) is 7.99. The molecule has 0 heterocycles. The molecule has 6 nitrogen and oxygen atoms in total. The molecule has 0 aliphatic rings. The lowest BCUT2D eigenvalue weighted by Gasteiger charge is -2.18. The molecule has 160 valence electrons. The number of benzene rings is 4. The van der Waals surface area contributed by atoms with Crippen LogP contribution in [0.5, 0.6) is 5.75 Å². The van der Waals surface area contributed by atoms with Gasteiger partial charge in [0.1, 0.15) is 5.75 Å². The number of hydrogen-bond donors (Lipinski definition) is 2. The molecule has 0 spiro atoms. The zero-order chi connectivity index (χ0) is 22.6. The number of carbonyl (C=O) groups is 2. The Balaban J connectivity index is 0.000000181. The van der Waals surface area contributed by atoms with E-state index < -0.39 is 12.2 Å². The second-order valence-corrected chi connectivity index (χ2v) is 6.48. The van der Waals surface area contributed by atoms with E-state index >= 15 is 0 Å². The molecule has 2 N–H and O–H groups in total. The van der Waals surface area contributed by atoms with Gasteiger partial charge in [-0.15, -0.1) is 0 Å². The lowest BCUT2D eigenvalue weighted by molar-refractivity contribution is 0.204. The van der Waals surface area contributed by atoms with E-state index in [1.165, 1.54) is 4.90 Å². The van der Waals surface area contributed by atoms with Gasteiger partial charge in [0.2, 0.25) is 0 Å². The molecule has 0 saturated heterocycles. The Labute approximate surface area is 186 Å². The molecule has 0 bridgehead atoms. The highest BCUT2D eigenvalue weighted by atomic mass is 16.6. The number of rotatable bonds is 4. The minimum Gasteiger partial charge on any atom is -0.464 e. The number of carboxylic acid groups (broad SMARTS) is 1. The summed E-state index contributed by atoms with van der Waals surface area (Å²) in [6.45, 7) is 0. The van der Waals surface area contributed by atoms with Gasteiger partial charge < -0.3 is 9.84 Å². The van der Waals surface area contributed by atoms with E-state index in [2.05, 4.69) is 5.32 Å². The molecule has 0 radical (unpaired) electrons. The maximum atomic E-state index is 11.4. The number of carbonyl (C=O) groups excluding carboxylic acids is 1. The molecule has 4 rings (SSSR count). The van der Waals surface area contributed by atoms with Crippen LogP contribution in [-0.4, -0.2) is 17.3 Å². The van der Waals surface area contributed by atoms with Crippen LogP contribution in [0.25, 0.3) is 0 Å². The molecule has 0 aliphatic heterocycles. The zero-order valence-electron chi connectivity index (χ0n) is 17.2. The van der Waals surface area contributed by atoms with E-state index in [1.54, 1.807) is 48.5 Å². The predicted octanol–water partition coefficient (Wildman–Crippen LogP) is 6.80. The van der Waals surface area contributed by atoms with E-state index in [0.29, 0.717) is 22.8 Å². The summed E-state index contributed by atoms with van der Waals surface area (Å²) >= 11 is 0. The van der Waals surface area contributed by atoms with Crippen LogP contribution in [0.4, 0.5) is 26.7 Å². The second kappa shape index (κ2) is 11.6. The van der Waals surface area contributed by atoms with Crippen LogP contribution in [0.3, 0.4) is 0 Å². The number of amides is 2. The Morgan fingerprint density at radius 2 is 1.03 bits per heavy atom. The molecule has 0 saturated carbocycles. The van der Waals surface area contributed by atoms with Gasteiger partial charge in [-0.25, -0.2) is 14.5 Å². The third-order valence-corrected chi connectivity index (χ3v) is 4.19. The van der Waals surface area contributed by atoms with E-state index in [9.17, 15) is 14.7 Å². The summed E-state index contributed by atoms with van der Waals surface area (Å²) in [5, 5.41) is 11.8. The van der Waals surface area contributed by atoms with Gasteiger partial charge in [0.05, 0.1) is 11.4 Å². The molecule has 4 aromatic carbocycles. The van der Waals surface area contributed by atoms with Crippen LogP contribution in [0, 0.1) is 0 Å². The first kappa shape index (κ1) is 22.1. The monoisotopic (exact) mass is 426 g/mol. The molecule has 6 heteroatoms. The number of para-hydroxylation sites is 4. The van der Waals surface area contributed by atoms with Crippen molar-refractivity contribution in [2.75, 3.05) is 10.2 Å². The third-order valence-electron chi connectivity index (χ3n) is 4.19. The minimum atomic E-state index is -0.989. The Hall–Kier alpha value is -4.58. The lowest BCUT2D eigenvalue weighted by atomic mass is 10.2. The maximum absolute atomic E-state index is 11.4. The standard InChI is InChI=1S/2C13H11NO2/c15-13(14-11-7-3-1-4-8-11)16-12-9-5-2-6-10-12;15-13(16)14(11-7-3-1-4-8-11)12-9-5-2-6-10-12/h1-10H,(H,14,15);1-10H,(H,15,16). The van der Waals surface area contributed by atoms with Gasteiger partial charge in [0.25, 0.3) is 0 Å². The van der Waals surface area contributed by atoms with E-state index in [4.69, 9.17) is 4.74 Å². The molecule has 0 unspecified atom stereocenters. The summed E-state index contributed by atoms with van der Waals surface area (Å²) in [5.41, 5.74) is 1.99. The topological polar surface area (TPSA) is 78.9 Å². The highest BCUT2D eigenvalue weighted by molar-refractivity contribution is 5.94. The van der Waals surface area contributed by atoms with Gasteiger partial charge in [-0.2, -0.15) is 0 Å². The van der Waals surface area contributed by atoms with Crippen LogP contribution < -0.4 is 15.0 Å². The largest absolute Gasteiger partial charge is 0.464 e. The second-order valence-electron chi connectivity index (χ2n) is 6.48. The SMILES string of the molecule is O=C(Nc1ccccc1)Oc1ccccc1.O=C(O)N(c1ccccc1)c1ccccc1. The first-order chi connectivity index (χ1) is 15.6. The molecule has 2 amide bonds. The molecule has 0 aromatic heterocycles. The molecule has 0 fully saturated rings. The fourth-order valence-electron chi connectivity index (χ4n) is 2.78. The summed E-state index contributed by atoms with van der Waals surface area (Å²) in [6.07, 6.45) is -1.48. The summed E-state index contributed by atoms with van der Waals surface area (Å²) < 4.78 is 5.07. The van der Waals surface area contributed by atoms with Crippen molar-refractivity contribution in [2.45, 2.75) is 0 Å². The van der Waals surface area contributed by atoms with Crippen molar-refractivity contribution in [2.24, 2.45) is 0 Å². The molecule has 4 aromatic rings. The number of nitrogens with one attached hydrogen (secondary N) is 1. The van der Waals surface area contributed by atoms with Crippen molar-refractivity contribution in [1.82, 2.24) is 0 Å². The Morgan fingerprint density at radius 3 is 1.47 bits per heavy atom. The highest BCUT2D eigenvalue weighted by Gasteiger charge is 2.15. The fraction of sp³-hybridized carbons (Fsp3) is 0. The number of anilines is 3. The van der Waals surface area contributed by atoms with E-state index in [1.807, 2.05) is 72.8 Å². The van der Waals surface area contributed by atoms with Crippen LogP contribution in [0.2, 0.25) is 0 Å². The number of hydrogen-bond acceptors (Lipinski definition) is 3. The molecule has 0 aliphatic carbocycles. The van der Waals surface area contributed by atoms with Crippen LogP contribution in [-0.2, 0) is 0 Å². The molecular weight excluding hydrogens is 404 g/mol. The normalized spacial score (nSPS) is 9.62. The van der Waals surface area contributed by atoms with Gasteiger partial charge >= 0.3 is 12.2 Å². The average Bonchev–Trinajstić information content (AvgIpc) is 2.82. The quantitative estimate of drug-likeness (QED) is 0.376. The van der Waals surface area contributed by atoms with Crippen molar-refractivity contribution >= 4 is 29.2 Å². The van der Waals surface area contributed by atoms with Crippen molar-refractivity contribution in [3.8, 4) is 5.75 Å². The van der Waals surface area contributed by atoms with Crippen molar-refractivity contribution in [1.29, 1.82) is 0 Å². The fourth-order valence-corrected chi connectivity index (χ4v) is 2.78. The predicted molar refractivity (Wildman–Crippen MR) is 126 cm³/mol. The maximum Gasteiger partial charge on any atom is 0.417 e.